The van der Waals surface area contributed by atoms with E-state index in [1.165, 1.54) is 12.8 Å². The molecule has 3 heteroatoms. The van der Waals surface area contributed by atoms with Crippen molar-refractivity contribution in [3.63, 3.8) is 0 Å². The normalized spacial score (nSPS) is 29.0. The quantitative estimate of drug-likeness (QED) is 0.861. The molecule has 1 aliphatic rings. The summed E-state index contributed by atoms with van der Waals surface area (Å²) in [5.74, 6) is 0.669. The Kier molecular flexibility index (Phi) is 3.95. The molecule has 2 rings (SSSR count). The van der Waals surface area contributed by atoms with E-state index in [9.17, 15) is 5.11 Å². The van der Waals surface area contributed by atoms with Gasteiger partial charge in [-0.05, 0) is 37.0 Å². The van der Waals surface area contributed by atoms with Gasteiger partial charge in [0.1, 0.15) is 0 Å². The fourth-order valence-electron chi connectivity index (χ4n) is 2.83. The second-order valence-corrected chi connectivity index (χ2v) is 5.71. The topological polar surface area (TPSA) is 32.3 Å². The Morgan fingerprint density at radius 1 is 1.53 bits per heavy atom. The van der Waals surface area contributed by atoms with Crippen molar-refractivity contribution in [2.45, 2.75) is 38.1 Å². The predicted molar refractivity (Wildman–Crippen MR) is 72.5 cm³/mol. The van der Waals surface area contributed by atoms with Crippen LogP contribution in [0.15, 0.2) is 24.3 Å². The lowest BCUT2D eigenvalue weighted by Crippen LogP contribution is -2.45. The molecule has 1 aliphatic carbocycles. The third kappa shape index (κ3) is 3.14. The Morgan fingerprint density at radius 2 is 2.35 bits per heavy atom. The van der Waals surface area contributed by atoms with Gasteiger partial charge in [-0.2, -0.15) is 0 Å². The van der Waals surface area contributed by atoms with Crippen LogP contribution >= 0.6 is 11.6 Å². The van der Waals surface area contributed by atoms with Gasteiger partial charge in [0.15, 0.2) is 0 Å². The number of hydrogen-bond donors (Lipinski definition) is 2. The Morgan fingerprint density at radius 3 is 3.00 bits per heavy atom. The van der Waals surface area contributed by atoms with Gasteiger partial charge in [0, 0.05) is 10.7 Å². The van der Waals surface area contributed by atoms with E-state index in [0.29, 0.717) is 5.92 Å². The summed E-state index contributed by atoms with van der Waals surface area (Å²) in [6.07, 6.45) is 4.49. The van der Waals surface area contributed by atoms with E-state index in [4.69, 9.17) is 11.6 Å². The highest BCUT2D eigenvalue weighted by atomic mass is 35.5. The molecule has 0 bridgehead atoms. The van der Waals surface area contributed by atoms with Gasteiger partial charge < -0.3 is 10.4 Å². The summed E-state index contributed by atoms with van der Waals surface area (Å²) in [6, 6.07) is 7.71. The van der Waals surface area contributed by atoms with E-state index in [2.05, 4.69) is 12.2 Å². The first-order valence-corrected chi connectivity index (χ1v) is 6.66. The van der Waals surface area contributed by atoms with Crippen molar-refractivity contribution in [2.24, 2.45) is 5.92 Å². The monoisotopic (exact) mass is 253 g/mol. The van der Waals surface area contributed by atoms with Crippen LogP contribution in [0, 0.1) is 5.92 Å². The van der Waals surface area contributed by atoms with E-state index >= 15 is 0 Å². The summed E-state index contributed by atoms with van der Waals surface area (Å²) in [5.41, 5.74) is 0.836. The predicted octanol–water partition coefficient (Wildman–Crippen LogP) is 3.69. The van der Waals surface area contributed by atoms with E-state index in [1.54, 1.807) is 0 Å². The molecule has 0 radical (unpaired) electrons. The number of aliphatic hydroxyl groups excluding tert-OH is 1. The average Bonchev–Trinajstić information content (AvgIpc) is 2.29. The van der Waals surface area contributed by atoms with Crippen molar-refractivity contribution in [3.8, 4) is 0 Å². The number of benzene rings is 1. The van der Waals surface area contributed by atoms with Gasteiger partial charge in [0.05, 0.1) is 12.1 Å². The fourth-order valence-corrected chi connectivity index (χ4v) is 3.02. The van der Waals surface area contributed by atoms with Crippen LogP contribution in [0.1, 0.15) is 32.6 Å². The van der Waals surface area contributed by atoms with Gasteiger partial charge in [0.25, 0.3) is 0 Å². The van der Waals surface area contributed by atoms with Crippen LogP contribution in [0.25, 0.3) is 0 Å². The molecule has 1 fully saturated rings. The molecule has 2 nitrogen and oxygen atoms in total. The smallest absolute Gasteiger partial charge is 0.0661 e. The van der Waals surface area contributed by atoms with Crippen LogP contribution in [0.4, 0.5) is 5.69 Å². The van der Waals surface area contributed by atoms with Crippen LogP contribution in [0.3, 0.4) is 0 Å². The first-order valence-electron chi connectivity index (χ1n) is 6.28. The van der Waals surface area contributed by atoms with Crippen LogP contribution in [0.2, 0.25) is 5.02 Å². The maximum Gasteiger partial charge on any atom is 0.0661 e. The molecular weight excluding hydrogens is 234 g/mol. The maximum atomic E-state index is 9.69. The zero-order valence-corrected chi connectivity index (χ0v) is 11.0. The molecule has 0 aliphatic heterocycles. The Hall–Kier alpha value is -0.730. The van der Waals surface area contributed by atoms with Crippen LogP contribution in [-0.2, 0) is 0 Å². The minimum atomic E-state index is -0.164. The summed E-state index contributed by atoms with van der Waals surface area (Å²) in [6.45, 7) is 2.44. The van der Waals surface area contributed by atoms with Gasteiger partial charge in [0.2, 0.25) is 0 Å². The number of nitrogens with one attached hydrogen (secondary N) is 1. The molecule has 1 aromatic carbocycles. The van der Waals surface area contributed by atoms with E-state index < -0.39 is 0 Å². The highest BCUT2D eigenvalue weighted by Gasteiger charge is 2.34. The fraction of sp³-hybridized carbons (Fsp3) is 0.571. The number of aliphatic hydroxyl groups is 1. The van der Waals surface area contributed by atoms with Gasteiger partial charge in [-0.1, -0.05) is 37.4 Å². The highest BCUT2D eigenvalue weighted by molar-refractivity contribution is 6.30. The van der Waals surface area contributed by atoms with Gasteiger partial charge in [-0.25, -0.2) is 0 Å². The second kappa shape index (κ2) is 5.28. The molecule has 94 valence electrons. The second-order valence-electron chi connectivity index (χ2n) is 5.28. The lowest BCUT2D eigenvalue weighted by Gasteiger charge is -2.40. The summed E-state index contributed by atoms with van der Waals surface area (Å²) < 4.78 is 0. The number of halogens is 1. The Bertz CT molecular complexity index is 382. The van der Waals surface area contributed by atoms with Crippen molar-refractivity contribution in [1.82, 2.24) is 0 Å². The number of hydrogen-bond acceptors (Lipinski definition) is 2. The van der Waals surface area contributed by atoms with Crippen molar-refractivity contribution in [2.75, 3.05) is 11.9 Å². The minimum Gasteiger partial charge on any atom is -0.394 e. The summed E-state index contributed by atoms with van der Waals surface area (Å²) in [4.78, 5) is 0. The largest absolute Gasteiger partial charge is 0.394 e. The molecule has 2 N–H and O–H groups in total. The summed E-state index contributed by atoms with van der Waals surface area (Å²) in [7, 11) is 0. The van der Waals surface area contributed by atoms with Crippen LogP contribution in [-0.4, -0.2) is 17.3 Å². The zero-order chi connectivity index (χ0) is 12.3. The van der Waals surface area contributed by atoms with Gasteiger partial charge >= 0.3 is 0 Å². The maximum absolute atomic E-state index is 9.69. The third-order valence-electron chi connectivity index (χ3n) is 3.63. The average molecular weight is 254 g/mol. The lowest BCUT2D eigenvalue weighted by molar-refractivity contribution is 0.149. The molecule has 0 spiro atoms. The summed E-state index contributed by atoms with van der Waals surface area (Å²) >= 11 is 5.98. The van der Waals surface area contributed by atoms with Gasteiger partial charge in [-0.15, -0.1) is 0 Å². The molecule has 0 aromatic heterocycles. The van der Waals surface area contributed by atoms with Crippen molar-refractivity contribution in [1.29, 1.82) is 0 Å². The van der Waals surface area contributed by atoms with Crippen molar-refractivity contribution in [3.05, 3.63) is 29.3 Å². The molecule has 1 aromatic rings. The standard InChI is InChI=1S/C14H20ClNO/c1-11-4-3-7-14(9-11,10-17)16-13-6-2-5-12(15)8-13/h2,5-6,8,11,16-17H,3-4,7,9-10H2,1H3. The van der Waals surface area contributed by atoms with E-state index in [0.717, 1.165) is 23.6 Å². The first-order chi connectivity index (χ1) is 8.13. The molecule has 17 heavy (non-hydrogen) atoms. The van der Waals surface area contributed by atoms with Crippen LogP contribution in [0.5, 0.6) is 0 Å². The van der Waals surface area contributed by atoms with Crippen molar-refractivity contribution >= 4 is 17.3 Å². The van der Waals surface area contributed by atoms with Crippen LogP contribution < -0.4 is 5.32 Å². The minimum absolute atomic E-state index is 0.164. The van der Waals surface area contributed by atoms with E-state index in [1.807, 2.05) is 24.3 Å². The number of rotatable bonds is 3. The lowest BCUT2D eigenvalue weighted by atomic mass is 9.76. The molecular formula is C14H20ClNO. The highest BCUT2D eigenvalue weighted by Crippen LogP contribution is 2.35. The summed E-state index contributed by atoms with van der Waals surface area (Å²) in [5, 5.41) is 13.9. The molecule has 0 amide bonds. The molecule has 1 saturated carbocycles. The first kappa shape index (κ1) is 12.7. The Balaban J connectivity index is 2.13. The molecule has 0 saturated heterocycles. The number of anilines is 1. The molecule has 0 heterocycles. The van der Waals surface area contributed by atoms with Crippen molar-refractivity contribution < 1.29 is 5.11 Å². The van der Waals surface area contributed by atoms with Gasteiger partial charge in [-0.3, -0.25) is 0 Å². The third-order valence-corrected chi connectivity index (χ3v) is 3.86. The molecule has 2 atom stereocenters. The Labute approximate surface area is 108 Å². The van der Waals surface area contributed by atoms with E-state index in [-0.39, 0.29) is 12.1 Å². The SMILES string of the molecule is CC1CCCC(CO)(Nc2cccc(Cl)c2)C1. The zero-order valence-electron chi connectivity index (χ0n) is 10.2. The molecule has 2 unspecified atom stereocenters.